The molecule has 0 saturated heterocycles. The molecular weight excluding hydrogens is 399 g/mol. The summed E-state index contributed by atoms with van der Waals surface area (Å²) >= 11 is 0. The van der Waals surface area contributed by atoms with Crippen molar-refractivity contribution in [1.82, 2.24) is 0 Å². The van der Waals surface area contributed by atoms with E-state index in [9.17, 15) is 9.18 Å². The molecule has 0 spiro atoms. The largest absolute Gasteiger partial charge is 0.342 e. The summed E-state index contributed by atoms with van der Waals surface area (Å²) in [6, 6.07) is 32.3. The number of amides is 1. The van der Waals surface area contributed by atoms with Crippen LogP contribution in [-0.4, -0.2) is 5.91 Å². The Morgan fingerprint density at radius 2 is 1.44 bits per heavy atom. The van der Waals surface area contributed by atoms with Gasteiger partial charge in [0, 0.05) is 12.2 Å². The van der Waals surface area contributed by atoms with Crippen LogP contribution in [0.1, 0.15) is 33.2 Å². The van der Waals surface area contributed by atoms with Crippen molar-refractivity contribution in [3.63, 3.8) is 0 Å². The molecule has 3 nitrogen and oxygen atoms in total. The predicted molar refractivity (Wildman–Crippen MR) is 126 cm³/mol. The van der Waals surface area contributed by atoms with E-state index < -0.39 is 6.17 Å². The van der Waals surface area contributed by atoms with E-state index in [1.807, 2.05) is 78.6 Å². The first kappa shape index (κ1) is 20.0. The smallest absolute Gasteiger partial charge is 0.262 e. The van der Waals surface area contributed by atoms with E-state index >= 15 is 0 Å². The van der Waals surface area contributed by atoms with Gasteiger partial charge in [0.05, 0.1) is 11.3 Å². The molecule has 0 aromatic heterocycles. The SMILES string of the molecule is Cc1ccc(N2C(=O)c3ccccc3N(Cc3ccccc3)C2c2ccc(F)cc2)cc1. The summed E-state index contributed by atoms with van der Waals surface area (Å²) < 4.78 is 13.8. The standard InChI is InChI=1S/C28H23FN2O/c1-20-11-17-24(18-12-20)31-27(22-13-15-23(29)16-14-22)30(19-21-7-3-2-4-8-21)26-10-6-5-9-25(26)28(31)32/h2-18,27H,19H2,1H3. The first-order chi connectivity index (χ1) is 15.6. The fourth-order valence-electron chi connectivity index (χ4n) is 4.30. The van der Waals surface area contributed by atoms with E-state index in [0.29, 0.717) is 12.1 Å². The summed E-state index contributed by atoms with van der Waals surface area (Å²) in [6.07, 6.45) is -0.416. The highest BCUT2D eigenvalue weighted by atomic mass is 19.1. The van der Waals surface area contributed by atoms with Crippen LogP contribution in [0.3, 0.4) is 0 Å². The number of hydrogen-bond acceptors (Lipinski definition) is 2. The van der Waals surface area contributed by atoms with Crippen molar-refractivity contribution in [3.05, 3.63) is 131 Å². The normalized spacial score (nSPS) is 15.6. The van der Waals surface area contributed by atoms with Gasteiger partial charge in [-0.1, -0.05) is 72.3 Å². The molecule has 1 aliphatic heterocycles. The van der Waals surface area contributed by atoms with Gasteiger partial charge in [-0.15, -0.1) is 0 Å². The van der Waals surface area contributed by atoms with Crippen molar-refractivity contribution in [1.29, 1.82) is 0 Å². The van der Waals surface area contributed by atoms with E-state index in [0.717, 1.165) is 28.1 Å². The van der Waals surface area contributed by atoms with Gasteiger partial charge in [0.25, 0.3) is 5.91 Å². The van der Waals surface area contributed by atoms with Gasteiger partial charge in [0.2, 0.25) is 0 Å². The van der Waals surface area contributed by atoms with E-state index in [4.69, 9.17) is 0 Å². The highest BCUT2D eigenvalue weighted by Gasteiger charge is 2.39. The van der Waals surface area contributed by atoms with Gasteiger partial charge >= 0.3 is 0 Å². The van der Waals surface area contributed by atoms with Crippen molar-refractivity contribution in [2.75, 3.05) is 9.80 Å². The van der Waals surface area contributed by atoms with Gasteiger partial charge < -0.3 is 4.90 Å². The zero-order chi connectivity index (χ0) is 22.1. The molecule has 32 heavy (non-hydrogen) atoms. The molecule has 0 radical (unpaired) electrons. The topological polar surface area (TPSA) is 23.6 Å². The lowest BCUT2D eigenvalue weighted by molar-refractivity contribution is 0.0968. The molecule has 1 atom stereocenters. The molecule has 0 bridgehead atoms. The van der Waals surface area contributed by atoms with E-state index in [2.05, 4.69) is 17.0 Å². The number of anilines is 2. The van der Waals surface area contributed by atoms with Gasteiger partial charge in [-0.05, 0) is 54.4 Å². The Labute approximate surface area is 187 Å². The number of carbonyl (C=O) groups is 1. The lowest BCUT2D eigenvalue weighted by Gasteiger charge is -2.46. The number of para-hydroxylation sites is 1. The lowest BCUT2D eigenvalue weighted by atomic mass is 9.99. The van der Waals surface area contributed by atoms with Crippen LogP contribution < -0.4 is 9.80 Å². The van der Waals surface area contributed by atoms with Gasteiger partial charge in [0.1, 0.15) is 12.0 Å². The van der Waals surface area contributed by atoms with Crippen LogP contribution in [-0.2, 0) is 6.54 Å². The maximum Gasteiger partial charge on any atom is 0.262 e. The molecule has 5 rings (SSSR count). The average Bonchev–Trinajstić information content (AvgIpc) is 2.83. The molecule has 0 aliphatic carbocycles. The molecule has 4 heteroatoms. The van der Waals surface area contributed by atoms with Crippen molar-refractivity contribution >= 4 is 17.3 Å². The quantitative estimate of drug-likeness (QED) is 0.375. The van der Waals surface area contributed by atoms with Crippen LogP contribution >= 0.6 is 0 Å². The second-order valence-corrected chi connectivity index (χ2v) is 8.07. The van der Waals surface area contributed by atoms with Crippen molar-refractivity contribution in [2.24, 2.45) is 0 Å². The molecule has 1 heterocycles. The van der Waals surface area contributed by atoms with Crippen LogP contribution in [0.15, 0.2) is 103 Å². The molecule has 0 N–H and O–H groups in total. The number of nitrogens with zero attached hydrogens (tertiary/aromatic N) is 2. The summed E-state index contributed by atoms with van der Waals surface area (Å²) in [5, 5.41) is 0. The van der Waals surface area contributed by atoms with Crippen LogP contribution in [0.5, 0.6) is 0 Å². The van der Waals surface area contributed by atoms with Gasteiger partial charge in [-0.25, -0.2) is 4.39 Å². The lowest BCUT2D eigenvalue weighted by Crippen LogP contribution is -2.49. The molecule has 1 amide bonds. The predicted octanol–water partition coefficient (Wildman–Crippen LogP) is 6.50. The van der Waals surface area contributed by atoms with Crippen LogP contribution in [0.25, 0.3) is 0 Å². The summed E-state index contributed by atoms with van der Waals surface area (Å²) in [6.45, 7) is 2.63. The highest BCUT2D eigenvalue weighted by Crippen LogP contribution is 2.42. The summed E-state index contributed by atoms with van der Waals surface area (Å²) in [4.78, 5) is 17.8. The maximum atomic E-state index is 13.8. The molecule has 0 fully saturated rings. The van der Waals surface area contributed by atoms with Crippen LogP contribution in [0.2, 0.25) is 0 Å². The third-order valence-corrected chi connectivity index (χ3v) is 5.88. The number of carbonyl (C=O) groups excluding carboxylic acids is 1. The number of fused-ring (bicyclic) bond motifs is 1. The van der Waals surface area contributed by atoms with Gasteiger partial charge in [-0.2, -0.15) is 0 Å². The Kier molecular flexibility index (Phi) is 5.20. The molecule has 4 aromatic rings. The Morgan fingerprint density at radius 1 is 0.781 bits per heavy atom. The van der Waals surface area contributed by atoms with E-state index in [-0.39, 0.29) is 11.7 Å². The third-order valence-electron chi connectivity index (χ3n) is 5.88. The number of rotatable bonds is 4. The fourth-order valence-corrected chi connectivity index (χ4v) is 4.30. The van der Waals surface area contributed by atoms with E-state index in [1.165, 1.54) is 12.1 Å². The molecule has 1 unspecified atom stereocenters. The second-order valence-electron chi connectivity index (χ2n) is 8.07. The van der Waals surface area contributed by atoms with Gasteiger partial charge in [0.15, 0.2) is 0 Å². The van der Waals surface area contributed by atoms with Gasteiger partial charge in [-0.3, -0.25) is 9.69 Å². The fraction of sp³-hybridized carbons (Fsp3) is 0.107. The average molecular weight is 423 g/mol. The maximum absolute atomic E-state index is 13.8. The van der Waals surface area contributed by atoms with Crippen molar-refractivity contribution in [3.8, 4) is 0 Å². The van der Waals surface area contributed by atoms with Crippen LogP contribution in [0.4, 0.5) is 15.8 Å². The Bertz CT molecular complexity index is 1240. The summed E-state index contributed by atoms with van der Waals surface area (Å²) in [5.41, 5.74) is 5.44. The number of benzene rings is 4. The first-order valence-electron chi connectivity index (χ1n) is 10.7. The molecular formula is C28H23FN2O. The Hall–Kier alpha value is -3.92. The number of hydrogen-bond donors (Lipinski definition) is 0. The minimum absolute atomic E-state index is 0.0666. The number of aryl methyl sites for hydroxylation is 1. The first-order valence-corrected chi connectivity index (χ1v) is 10.7. The van der Waals surface area contributed by atoms with Crippen molar-refractivity contribution < 1.29 is 9.18 Å². The minimum Gasteiger partial charge on any atom is -0.342 e. The minimum atomic E-state index is -0.416. The summed E-state index contributed by atoms with van der Waals surface area (Å²) in [5.74, 6) is -0.365. The third kappa shape index (κ3) is 3.65. The molecule has 1 aliphatic rings. The highest BCUT2D eigenvalue weighted by molar-refractivity contribution is 6.12. The zero-order valence-corrected chi connectivity index (χ0v) is 17.8. The van der Waals surface area contributed by atoms with E-state index in [1.54, 1.807) is 12.1 Å². The van der Waals surface area contributed by atoms with Crippen molar-refractivity contribution in [2.45, 2.75) is 19.6 Å². The second kappa shape index (κ2) is 8.31. The molecule has 158 valence electrons. The monoisotopic (exact) mass is 422 g/mol. The Balaban J connectivity index is 1.72. The zero-order valence-electron chi connectivity index (χ0n) is 17.8. The molecule has 0 saturated carbocycles. The Morgan fingerprint density at radius 3 is 2.16 bits per heavy atom. The molecule has 4 aromatic carbocycles. The van der Waals surface area contributed by atoms with Crippen LogP contribution in [0, 0.1) is 12.7 Å². The number of halogens is 1. The summed E-state index contributed by atoms with van der Waals surface area (Å²) in [7, 11) is 0.